The molecule has 0 radical (unpaired) electrons. The third-order valence-corrected chi connectivity index (χ3v) is 3.61. The molecule has 0 amide bonds. The van der Waals surface area contributed by atoms with Crippen LogP contribution in [0.5, 0.6) is 0 Å². The predicted molar refractivity (Wildman–Crippen MR) is 64.1 cm³/mol. The van der Waals surface area contributed by atoms with E-state index in [9.17, 15) is 4.79 Å². The highest BCUT2D eigenvalue weighted by molar-refractivity contribution is 7.10. The van der Waals surface area contributed by atoms with E-state index in [-0.39, 0.29) is 11.5 Å². The molecule has 1 aliphatic carbocycles. The summed E-state index contributed by atoms with van der Waals surface area (Å²) in [4.78, 5) is 11.8. The van der Waals surface area contributed by atoms with Gasteiger partial charge in [-0.25, -0.2) is 4.79 Å². The van der Waals surface area contributed by atoms with E-state index in [4.69, 9.17) is 4.74 Å². The van der Waals surface area contributed by atoms with Crippen LogP contribution in [0.25, 0.3) is 0 Å². The topological polar surface area (TPSA) is 51.2 Å². The first kappa shape index (κ1) is 11.4. The Morgan fingerprint density at radius 1 is 1.62 bits per heavy atom. The minimum Gasteiger partial charge on any atom is -0.462 e. The molecule has 1 fully saturated rings. The Morgan fingerprint density at radius 3 is 2.88 bits per heavy atom. The van der Waals surface area contributed by atoms with Gasteiger partial charge in [0.1, 0.15) is 10.6 Å². The summed E-state index contributed by atoms with van der Waals surface area (Å²) in [6.45, 7) is 6.19. The van der Waals surface area contributed by atoms with Crippen molar-refractivity contribution in [2.45, 2.75) is 39.2 Å². The third kappa shape index (κ3) is 2.19. The summed E-state index contributed by atoms with van der Waals surface area (Å²) in [6, 6.07) is 0. The Kier molecular flexibility index (Phi) is 2.88. The van der Waals surface area contributed by atoms with Crippen LogP contribution in [0.3, 0.4) is 0 Å². The van der Waals surface area contributed by atoms with E-state index in [0.29, 0.717) is 12.2 Å². The Balaban J connectivity index is 2.21. The van der Waals surface area contributed by atoms with Crippen LogP contribution in [0, 0.1) is 6.92 Å². The summed E-state index contributed by atoms with van der Waals surface area (Å²) in [5.74, 6) is -0.277. The summed E-state index contributed by atoms with van der Waals surface area (Å²) in [5, 5.41) is 4.22. The molecule has 4 nitrogen and oxygen atoms in total. The van der Waals surface area contributed by atoms with Crippen molar-refractivity contribution in [3.63, 3.8) is 0 Å². The molecule has 0 saturated heterocycles. The minimum absolute atomic E-state index is 0.153. The van der Waals surface area contributed by atoms with Gasteiger partial charge >= 0.3 is 5.97 Å². The van der Waals surface area contributed by atoms with Gasteiger partial charge in [-0.2, -0.15) is 4.37 Å². The highest BCUT2D eigenvalue weighted by atomic mass is 32.1. The van der Waals surface area contributed by atoms with Crippen LogP contribution in [0.1, 0.15) is 42.7 Å². The molecule has 2 rings (SSSR count). The fraction of sp³-hybridized carbons (Fsp3) is 0.636. The molecule has 1 saturated carbocycles. The number of aryl methyl sites for hydroxylation is 1. The van der Waals surface area contributed by atoms with Crippen LogP contribution in [-0.2, 0) is 4.74 Å². The van der Waals surface area contributed by atoms with Gasteiger partial charge < -0.3 is 10.1 Å². The standard InChI is InChI=1S/C11H16N2O2S/c1-4-15-10(14)8-7(2)13-16-9(8)12-11(3)5-6-11/h12H,4-6H2,1-3H3. The van der Waals surface area contributed by atoms with Crippen molar-refractivity contribution in [3.8, 4) is 0 Å². The third-order valence-electron chi connectivity index (χ3n) is 2.76. The zero-order valence-corrected chi connectivity index (χ0v) is 10.6. The van der Waals surface area contributed by atoms with Crippen LogP contribution < -0.4 is 5.32 Å². The number of carbonyl (C=O) groups excluding carboxylic acids is 1. The number of carbonyl (C=O) groups is 1. The number of aromatic nitrogens is 1. The second-order valence-corrected chi connectivity index (χ2v) is 5.15. The summed E-state index contributed by atoms with van der Waals surface area (Å²) < 4.78 is 9.24. The first-order valence-corrected chi connectivity index (χ1v) is 6.24. The molecule has 1 aromatic heterocycles. The van der Waals surface area contributed by atoms with Gasteiger partial charge in [-0.1, -0.05) is 0 Å². The van der Waals surface area contributed by atoms with Crippen LogP contribution >= 0.6 is 11.5 Å². The highest BCUT2D eigenvalue weighted by Gasteiger charge is 2.38. The van der Waals surface area contributed by atoms with Crippen LogP contribution in [0.2, 0.25) is 0 Å². The summed E-state index contributed by atoms with van der Waals surface area (Å²) in [6.07, 6.45) is 2.29. The molecule has 0 aliphatic heterocycles. The van der Waals surface area contributed by atoms with Gasteiger partial charge in [0.05, 0.1) is 12.3 Å². The molecule has 1 N–H and O–H groups in total. The molecule has 5 heteroatoms. The molecule has 88 valence electrons. The largest absolute Gasteiger partial charge is 0.462 e. The Bertz CT molecular complexity index is 410. The average molecular weight is 240 g/mol. The summed E-state index contributed by atoms with van der Waals surface area (Å²) in [5.41, 5.74) is 1.50. The van der Waals surface area contributed by atoms with Crippen LogP contribution in [0.4, 0.5) is 5.00 Å². The van der Waals surface area contributed by atoms with Gasteiger partial charge in [-0.15, -0.1) is 0 Å². The molecule has 1 aromatic rings. The van der Waals surface area contributed by atoms with Gasteiger partial charge in [-0.3, -0.25) is 0 Å². The number of rotatable bonds is 4. The number of hydrogen-bond donors (Lipinski definition) is 1. The van der Waals surface area contributed by atoms with Crippen molar-refractivity contribution < 1.29 is 9.53 Å². The first-order chi connectivity index (χ1) is 7.56. The second-order valence-electron chi connectivity index (χ2n) is 4.38. The van der Waals surface area contributed by atoms with Crippen molar-refractivity contribution in [2.24, 2.45) is 0 Å². The van der Waals surface area contributed by atoms with Crippen molar-refractivity contribution in [2.75, 3.05) is 11.9 Å². The molecule has 16 heavy (non-hydrogen) atoms. The van der Waals surface area contributed by atoms with Gasteiger partial charge in [0.15, 0.2) is 0 Å². The fourth-order valence-corrected chi connectivity index (χ4v) is 2.42. The van der Waals surface area contributed by atoms with Crippen LogP contribution in [-0.4, -0.2) is 22.5 Å². The molecule has 0 atom stereocenters. The van der Waals surface area contributed by atoms with E-state index < -0.39 is 0 Å². The van der Waals surface area contributed by atoms with E-state index in [1.165, 1.54) is 11.5 Å². The summed E-state index contributed by atoms with van der Waals surface area (Å²) in [7, 11) is 0. The normalized spacial score (nSPS) is 16.9. The lowest BCUT2D eigenvalue weighted by Crippen LogP contribution is -2.17. The number of nitrogens with zero attached hydrogens (tertiary/aromatic N) is 1. The maximum absolute atomic E-state index is 11.8. The summed E-state index contributed by atoms with van der Waals surface area (Å²) >= 11 is 1.34. The molecular formula is C11H16N2O2S. The SMILES string of the molecule is CCOC(=O)c1c(C)nsc1NC1(C)CC1. The van der Waals surface area contributed by atoms with E-state index in [1.54, 1.807) is 0 Å². The average Bonchev–Trinajstić information content (AvgIpc) is 2.82. The van der Waals surface area contributed by atoms with Gasteiger partial charge in [0, 0.05) is 5.54 Å². The quantitative estimate of drug-likeness (QED) is 0.822. The van der Waals surface area contributed by atoms with Crippen molar-refractivity contribution in [3.05, 3.63) is 11.3 Å². The van der Waals surface area contributed by atoms with E-state index in [1.807, 2.05) is 13.8 Å². The number of esters is 1. The lowest BCUT2D eigenvalue weighted by Gasteiger charge is -2.12. The molecule has 1 aliphatic rings. The monoisotopic (exact) mass is 240 g/mol. The lowest BCUT2D eigenvalue weighted by molar-refractivity contribution is 0.0527. The smallest absolute Gasteiger partial charge is 0.343 e. The lowest BCUT2D eigenvalue weighted by atomic mass is 10.2. The van der Waals surface area contributed by atoms with E-state index >= 15 is 0 Å². The molecule has 0 aromatic carbocycles. The Hall–Kier alpha value is -1.10. The maximum Gasteiger partial charge on any atom is 0.343 e. The first-order valence-electron chi connectivity index (χ1n) is 5.47. The predicted octanol–water partition coefficient (Wildman–Crippen LogP) is 2.59. The van der Waals surface area contributed by atoms with Crippen molar-refractivity contribution >= 4 is 22.5 Å². The van der Waals surface area contributed by atoms with Gasteiger partial charge in [0.2, 0.25) is 0 Å². The van der Waals surface area contributed by atoms with E-state index in [0.717, 1.165) is 23.5 Å². The Morgan fingerprint density at radius 2 is 2.31 bits per heavy atom. The number of nitrogens with one attached hydrogen (secondary N) is 1. The highest BCUT2D eigenvalue weighted by Crippen LogP contribution is 2.40. The Labute approximate surface area is 99.2 Å². The molecule has 1 heterocycles. The fourth-order valence-electron chi connectivity index (χ4n) is 1.49. The molecule has 0 unspecified atom stereocenters. The zero-order valence-electron chi connectivity index (χ0n) is 9.79. The number of anilines is 1. The molecule has 0 spiro atoms. The minimum atomic E-state index is -0.277. The zero-order chi connectivity index (χ0) is 11.8. The van der Waals surface area contributed by atoms with Gasteiger partial charge in [0.25, 0.3) is 0 Å². The molecule has 0 bridgehead atoms. The second kappa shape index (κ2) is 4.05. The number of ether oxygens (including phenoxy) is 1. The number of hydrogen-bond acceptors (Lipinski definition) is 5. The van der Waals surface area contributed by atoms with E-state index in [2.05, 4.69) is 16.6 Å². The van der Waals surface area contributed by atoms with Crippen molar-refractivity contribution in [1.82, 2.24) is 4.37 Å². The molecular weight excluding hydrogens is 224 g/mol. The van der Waals surface area contributed by atoms with Crippen molar-refractivity contribution in [1.29, 1.82) is 0 Å². The van der Waals surface area contributed by atoms with Gasteiger partial charge in [-0.05, 0) is 45.1 Å². The maximum atomic E-state index is 11.8. The van der Waals surface area contributed by atoms with Crippen LogP contribution in [0.15, 0.2) is 0 Å².